The molecule has 0 amide bonds. The molecule has 1 unspecified atom stereocenters. The number of rotatable bonds is 5. The lowest BCUT2D eigenvalue weighted by atomic mass is 9.84. The Bertz CT molecular complexity index is 439. The van der Waals surface area contributed by atoms with Crippen molar-refractivity contribution in [1.82, 2.24) is 0 Å². The molecule has 20 heavy (non-hydrogen) atoms. The van der Waals surface area contributed by atoms with Crippen LogP contribution >= 0.6 is 0 Å². The van der Waals surface area contributed by atoms with Crippen LogP contribution in [0.25, 0.3) is 0 Å². The van der Waals surface area contributed by atoms with Crippen molar-refractivity contribution in [3.05, 3.63) is 49.1 Å². The summed E-state index contributed by atoms with van der Waals surface area (Å²) < 4.78 is 10.7. The average molecular weight is 274 g/mol. The van der Waals surface area contributed by atoms with E-state index in [0.29, 0.717) is 25.8 Å². The molecule has 1 aliphatic heterocycles. The highest BCUT2D eigenvalue weighted by Gasteiger charge is 2.49. The van der Waals surface area contributed by atoms with Crippen molar-refractivity contribution in [1.29, 1.82) is 0 Å². The molecule has 1 spiro atoms. The molecule has 2 aliphatic rings. The van der Waals surface area contributed by atoms with Crippen LogP contribution in [0.5, 0.6) is 0 Å². The van der Waals surface area contributed by atoms with Crippen molar-refractivity contribution in [2.24, 2.45) is 11.3 Å². The molecular formula is C17H22O3. The van der Waals surface area contributed by atoms with E-state index in [4.69, 9.17) is 9.47 Å². The summed E-state index contributed by atoms with van der Waals surface area (Å²) in [7, 11) is 0. The van der Waals surface area contributed by atoms with Crippen LogP contribution in [-0.2, 0) is 14.3 Å². The molecule has 0 aromatic rings. The van der Waals surface area contributed by atoms with Crippen molar-refractivity contribution in [3.8, 4) is 0 Å². The van der Waals surface area contributed by atoms with Gasteiger partial charge in [-0.05, 0) is 24.8 Å². The van der Waals surface area contributed by atoms with Gasteiger partial charge in [-0.2, -0.15) is 0 Å². The van der Waals surface area contributed by atoms with Gasteiger partial charge in [0.1, 0.15) is 12.6 Å². The van der Waals surface area contributed by atoms with E-state index in [-0.39, 0.29) is 5.92 Å². The molecule has 0 radical (unpaired) electrons. The van der Waals surface area contributed by atoms with Gasteiger partial charge in [0.25, 0.3) is 0 Å². The van der Waals surface area contributed by atoms with Crippen molar-refractivity contribution in [3.63, 3.8) is 0 Å². The molecule has 1 atom stereocenters. The summed E-state index contributed by atoms with van der Waals surface area (Å²) in [6.45, 7) is 8.71. The standard InChI is InChI=1S/C17H22O3/c1-3-5-7-14(6-4-2)10-15-8-9-17(16(15)18)11-19-13-20-12-17/h3-7,15H,1-2,8-13H2/b7-5-,14-6+. The zero-order valence-corrected chi connectivity index (χ0v) is 11.8. The summed E-state index contributed by atoms with van der Waals surface area (Å²) in [6.07, 6.45) is 11.8. The third-order valence-electron chi connectivity index (χ3n) is 4.05. The summed E-state index contributed by atoms with van der Waals surface area (Å²) in [5.41, 5.74) is 0.706. The van der Waals surface area contributed by atoms with Crippen molar-refractivity contribution < 1.29 is 14.3 Å². The lowest BCUT2D eigenvalue weighted by Gasteiger charge is -2.31. The van der Waals surface area contributed by atoms with Crippen molar-refractivity contribution >= 4 is 5.78 Å². The quantitative estimate of drug-likeness (QED) is 0.722. The summed E-state index contributed by atoms with van der Waals surface area (Å²) in [4.78, 5) is 12.6. The highest BCUT2D eigenvalue weighted by atomic mass is 16.7. The molecule has 108 valence electrons. The van der Waals surface area contributed by atoms with Crippen LogP contribution in [0.3, 0.4) is 0 Å². The van der Waals surface area contributed by atoms with Crippen molar-refractivity contribution in [2.75, 3.05) is 20.0 Å². The fourth-order valence-corrected chi connectivity index (χ4v) is 3.01. The molecule has 0 bridgehead atoms. The minimum Gasteiger partial charge on any atom is -0.354 e. The minimum atomic E-state index is -0.398. The smallest absolute Gasteiger partial charge is 0.147 e. The number of ether oxygens (including phenoxy) is 2. The van der Waals surface area contributed by atoms with Gasteiger partial charge in [-0.3, -0.25) is 4.79 Å². The fourth-order valence-electron chi connectivity index (χ4n) is 3.01. The van der Waals surface area contributed by atoms with E-state index in [1.54, 1.807) is 12.2 Å². The van der Waals surface area contributed by atoms with Gasteiger partial charge >= 0.3 is 0 Å². The highest BCUT2D eigenvalue weighted by Crippen LogP contribution is 2.42. The Morgan fingerprint density at radius 1 is 1.30 bits per heavy atom. The fraction of sp³-hybridized carbons (Fsp3) is 0.471. The van der Waals surface area contributed by atoms with Gasteiger partial charge in [-0.15, -0.1) is 0 Å². The molecule has 3 heteroatoms. The number of carbonyl (C=O) groups excluding carboxylic acids is 1. The molecule has 0 aromatic carbocycles. The molecule has 3 nitrogen and oxygen atoms in total. The van der Waals surface area contributed by atoms with Gasteiger partial charge in [-0.1, -0.05) is 43.5 Å². The van der Waals surface area contributed by atoms with E-state index in [1.165, 1.54) is 0 Å². The van der Waals surface area contributed by atoms with Crippen molar-refractivity contribution in [2.45, 2.75) is 19.3 Å². The van der Waals surface area contributed by atoms with Gasteiger partial charge in [0.15, 0.2) is 0 Å². The monoisotopic (exact) mass is 274 g/mol. The first-order valence-electron chi connectivity index (χ1n) is 7.02. The van der Waals surface area contributed by atoms with Crippen LogP contribution in [0.4, 0.5) is 0 Å². The first-order chi connectivity index (χ1) is 9.72. The zero-order chi connectivity index (χ0) is 14.4. The second-order valence-corrected chi connectivity index (χ2v) is 5.47. The number of allylic oxidation sites excluding steroid dienone is 6. The normalized spacial score (nSPS) is 26.3. The Labute approximate surface area is 120 Å². The second-order valence-electron chi connectivity index (χ2n) is 5.47. The van der Waals surface area contributed by atoms with E-state index >= 15 is 0 Å². The van der Waals surface area contributed by atoms with E-state index in [2.05, 4.69) is 13.2 Å². The lowest BCUT2D eigenvalue weighted by molar-refractivity contribution is -0.173. The zero-order valence-electron chi connectivity index (χ0n) is 11.8. The maximum atomic E-state index is 12.6. The molecule has 1 saturated heterocycles. The molecule has 1 heterocycles. The third-order valence-corrected chi connectivity index (χ3v) is 4.05. The highest BCUT2D eigenvalue weighted by molar-refractivity contribution is 5.89. The summed E-state index contributed by atoms with van der Waals surface area (Å²) in [6, 6.07) is 0. The van der Waals surface area contributed by atoms with Gasteiger partial charge in [-0.25, -0.2) is 0 Å². The topological polar surface area (TPSA) is 35.5 Å². The van der Waals surface area contributed by atoms with Gasteiger partial charge < -0.3 is 9.47 Å². The predicted octanol–water partition coefficient (Wildman–Crippen LogP) is 3.20. The van der Waals surface area contributed by atoms with E-state index in [0.717, 1.165) is 24.8 Å². The third kappa shape index (κ3) is 3.17. The number of carbonyl (C=O) groups is 1. The Hall–Kier alpha value is -1.45. The molecule has 2 fully saturated rings. The van der Waals surface area contributed by atoms with Gasteiger partial charge in [0.05, 0.1) is 18.6 Å². The number of hydrogen-bond donors (Lipinski definition) is 0. The lowest BCUT2D eigenvalue weighted by Crippen LogP contribution is -2.42. The summed E-state index contributed by atoms with van der Waals surface area (Å²) in [5, 5.41) is 0. The Morgan fingerprint density at radius 3 is 2.70 bits per heavy atom. The second kappa shape index (κ2) is 6.82. The SMILES string of the molecule is C=C/C=C\C(=C/C=C)CC1CCC2(COCOC2)C1=O. The van der Waals surface area contributed by atoms with Crippen LogP contribution in [-0.4, -0.2) is 25.8 Å². The van der Waals surface area contributed by atoms with Crippen LogP contribution in [0, 0.1) is 11.3 Å². The van der Waals surface area contributed by atoms with E-state index in [1.807, 2.05) is 18.2 Å². The van der Waals surface area contributed by atoms with E-state index in [9.17, 15) is 4.79 Å². The van der Waals surface area contributed by atoms with Crippen LogP contribution in [0.15, 0.2) is 49.1 Å². The maximum Gasteiger partial charge on any atom is 0.147 e. The molecule has 0 aromatic heterocycles. The summed E-state index contributed by atoms with van der Waals surface area (Å²) in [5.74, 6) is 0.347. The van der Waals surface area contributed by atoms with Gasteiger partial charge in [0, 0.05) is 5.92 Å². The van der Waals surface area contributed by atoms with Gasteiger partial charge in [0.2, 0.25) is 0 Å². The number of hydrogen-bond acceptors (Lipinski definition) is 3. The van der Waals surface area contributed by atoms with E-state index < -0.39 is 5.41 Å². The summed E-state index contributed by atoms with van der Waals surface area (Å²) >= 11 is 0. The maximum absolute atomic E-state index is 12.6. The predicted molar refractivity (Wildman–Crippen MR) is 79.2 cm³/mol. The Morgan fingerprint density at radius 2 is 2.05 bits per heavy atom. The Kier molecular flexibility index (Phi) is 5.10. The first-order valence-corrected chi connectivity index (χ1v) is 7.02. The molecular weight excluding hydrogens is 252 g/mol. The molecule has 1 aliphatic carbocycles. The largest absolute Gasteiger partial charge is 0.354 e. The molecule has 2 rings (SSSR count). The van der Waals surface area contributed by atoms with Crippen LogP contribution in [0.2, 0.25) is 0 Å². The first kappa shape index (κ1) is 14.9. The average Bonchev–Trinajstić information content (AvgIpc) is 2.75. The number of Topliss-reactive ketones (excluding diaryl/α,β-unsaturated/α-hetero) is 1. The Balaban J connectivity index is 2.05. The van der Waals surface area contributed by atoms with Crippen LogP contribution < -0.4 is 0 Å². The molecule has 0 N–H and O–H groups in total. The number of ketones is 1. The minimum absolute atomic E-state index is 0.0564. The van der Waals surface area contributed by atoms with Crippen LogP contribution in [0.1, 0.15) is 19.3 Å². The molecule has 1 saturated carbocycles.